The van der Waals surface area contributed by atoms with Gasteiger partial charge in [0.05, 0.1) is 22.3 Å². The van der Waals surface area contributed by atoms with Gasteiger partial charge in [0.15, 0.2) is 0 Å². The van der Waals surface area contributed by atoms with Crippen LogP contribution in [-0.4, -0.2) is 35.6 Å². The molecular weight excluding hydrogens is 450 g/mol. The van der Waals surface area contributed by atoms with Gasteiger partial charge in [-0.3, -0.25) is 9.10 Å². The second-order valence-corrected chi connectivity index (χ2v) is 9.52. The van der Waals surface area contributed by atoms with Gasteiger partial charge in [0, 0.05) is 12.1 Å². The number of carbonyl (C=O) groups is 1. The molecule has 9 heteroatoms. The van der Waals surface area contributed by atoms with Crippen LogP contribution < -0.4 is 9.62 Å². The second-order valence-electron chi connectivity index (χ2n) is 7.66. The molecule has 0 spiro atoms. The van der Waals surface area contributed by atoms with E-state index in [4.69, 9.17) is 0 Å². The van der Waals surface area contributed by atoms with Crippen molar-refractivity contribution in [2.24, 2.45) is 0 Å². The SMILES string of the molecule is CCN(c1ccccc1)S(=O)(=O)c1cccc(C(=O)NC(C)c2ccc(-n3cncn3)cc2)c1. The summed E-state index contributed by atoms with van der Waals surface area (Å²) in [6.45, 7) is 3.92. The number of carbonyl (C=O) groups excluding carboxylic acids is 1. The number of hydrogen-bond donors (Lipinski definition) is 1. The first-order valence-corrected chi connectivity index (χ1v) is 12.3. The minimum atomic E-state index is -3.83. The smallest absolute Gasteiger partial charge is 0.264 e. The third-order valence-electron chi connectivity index (χ3n) is 5.44. The van der Waals surface area contributed by atoms with E-state index < -0.39 is 10.0 Å². The molecule has 4 rings (SSSR count). The summed E-state index contributed by atoms with van der Waals surface area (Å²) < 4.78 is 29.6. The standard InChI is InChI=1S/C25H25N5O3S/c1-3-30(23-9-5-4-6-10-23)34(32,33)24-11-7-8-21(16-24)25(31)28-19(2)20-12-14-22(15-13-20)29-18-26-17-27-29/h4-19H,3H2,1-2H3,(H,28,31). The van der Waals surface area contributed by atoms with Crippen molar-refractivity contribution in [2.75, 3.05) is 10.8 Å². The van der Waals surface area contributed by atoms with E-state index in [1.165, 1.54) is 22.8 Å². The number of rotatable bonds is 8. The van der Waals surface area contributed by atoms with Gasteiger partial charge >= 0.3 is 0 Å². The molecule has 1 N–H and O–H groups in total. The maximum atomic E-state index is 13.3. The Labute approximate surface area is 198 Å². The average Bonchev–Trinajstić information content (AvgIpc) is 3.40. The largest absolute Gasteiger partial charge is 0.346 e. The van der Waals surface area contributed by atoms with Gasteiger partial charge in [-0.15, -0.1) is 0 Å². The number of benzene rings is 3. The first-order valence-electron chi connectivity index (χ1n) is 10.8. The molecule has 0 saturated heterocycles. The molecule has 0 radical (unpaired) electrons. The number of anilines is 1. The van der Waals surface area contributed by atoms with Gasteiger partial charge < -0.3 is 5.32 Å². The lowest BCUT2D eigenvalue weighted by atomic mass is 10.1. The summed E-state index contributed by atoms with van der Waals surface area (Å²) in [7, 11) is -3.83. The highest BCUT2D eigenvalue weighted by Crippen LogP contribution is 2.24. The lowest BCUT2D eigenvalue weighted by molar-refractivity contribution is 0.0939. The van der Waals surface area contributed by atoms with Gasteiger partial charge in [-0.05, 0) is 61.9 Å². The first-order chi connectivity index (χ1) is 16.4. The van der Waals surface area contributed by atoms with Crippen LogP contribution in [0.3, 0.4) is 0 Å². The summed E-state index contributed by atoms with van der Waals surface area (Å²) in [5.74, 6) is -0.354. The van der Waals surface area contributed by atoms with Gasteiger partial charge in [0.2, 0.25) is 0 Å². The highest BCUT2D eigenvalue weighted by molar-refractivity contribution is 7.92. The van der Waals surface area contributed by atoms with Gasteiger partial charge in [0.25, 0.3) is 15.9 Å². The molecule has 0 bridgehead atoms. The van der Waals surface area contributed by atoms with Gasteiger partial charge in [0.1, 0.15) is 12.7 Å². The minimum absolute atomic E-state index is 0.0655. The molecule has 0 aliphatic carbocycles. The lowest BCUT2D eigenvalue weighted by Gasteiger charge is -2.23. The van der Waals surface area contributed by atoms with Crippen LogP contribution in [0.15, 0.2) is 96.4 Å². The first kappa shape index (κ1) is 23.2. The van der Waals surface area contributed by atoms with Crippen molar-refractivity contribution < 1.29 is 13.2 Å². The van der Waals surface area contributed by atoms with Crippen LogP contribution in [0, 0.1) is 0 Å². The Morgan fingerprint density at radius 1 is 1.03 bits per heavy atom. The van der Waals surface area contributed by atoms with E-state index in [1.54, 1.807) is 54.3 Å². The maximum absolute atomic E-state index is 13.3. The fourth-order valence-corrected chi connectivity index (χ4v) is 5.15. The molecule has 1 atom stereocenters. The molecule has 1 aromatic heterocycles. The van der Waals surface area contributed by atoms with Crippen molar-refractivity contribution in [2.45, 2.75) is 24.8 Å². The Morgan fingerprint density at radius 2 is 1.76 bits per heavy atom. The molecule has 0 aliphatic heterocycles. The van der Waals surface area contributed by atoms with Gasteiger partial charge in [-0.1, -0.05) is 36.4 Å². The zero-order chi connectivity index (χ0) is 24.1. The molecule has 1 amide bonds. The van der Waals surface area contributed by atoms with Crippen LogP contribution in [-0.2, 0) is 10.0 Å². The van der Waals surface area contributed by atoms with Crippen LogP contribution in [0.5, 0.6) is 0 Å². The van der Waals surface area contributed by atoms with E-state index >= 15 is 0 Å². The molecule has 0 saturated carbocycles. The number of para-hydroxylation sites is 1. The molecule has 174 valence electrons. The molecule has 0 aliphatic rings. The van der Waals surface area contributed by atoms with Crippen molar-refractivity contribution in [3.05, 3.63) is 103 Å². The Hall–Kier alpha value is -3.98. The highest BCUT2D eigenvalue weighted by atomic mass is 32.2. The molecule has 0 fully saturated rings. The number of nitrogens with one attached hydrogen (secondary N) is 1. The summed E-state index contributed by atoms with van der Waals surface area (Å²) in [4.78, 5) is 16.9. The average molecular weight is 476 g/mol. The van der Waals surface area contributed by atoms with E-state index in [-0.39, 0.29) is 29.0 Å². The quantitative estimate of drug-likeness (QED) is 0.416. The summed E-state index contributed by atoms with van der Waals surface area (Å²) >= 11 is 0. The van der Waals surface area contributed by atoms with Crippen LogP contribution >= 0.6 is 0 Å². The normalized spacial score (nSPS) is 12.2. The van der Waals surface area contributed by atoms with Crippen molar-refractivity contribution in [3.8, 4) is 5.69 Å². The fourth-order valence-electron chi connectivity index (χ4n) is 3.63. The zero-order valence-corrected chi connectivity index (χ0v) is 19.7. The number of sulfonamides is 1. The monoisotopic (exact) mass is 475 g/mol. The molecule has 3 aromatic carbocycles. The summed E-state index contributed by atoms with van der Waals surface area (Å²) in [6, 6.07) is 22.3. The third kappa shape index (κ3) is 4.84. The van der Waals surface area contributed by atoms with E-state index in [9.17, 15) is 13.2 Å². The van der Waals surface area contributed by atoms with Crippen molar-refractivity contribution in [1.29, 1.82) is 0 Å². The fraction of sp³-hybridized carbons (Fsp3) is 0.160. The van der Waals surface area contributed by atoms with E-state index in [0.717, 1.165) is 11.3 Å². The summed E-state index contributed by atoms with van der Waals surface area (Å²) in [5, 5.41) is 7.04. The van der Waals surface area contributed by atoms with Crippen molar-refractivity contribution >= 4 is 21.6 Å². The Balaban J connectivity index is 1.51. The molecular formula is C25H25N5O3S. The van der Waals surface area contributed by atoms with E-state index in [1.807, 2.05) is 37.3 Å². The highest BCUT2D eigenvalue weighted by Gasteiger charge is 2.24. The van der Waals surface area contributed by atoms with Crippen LogP contribution in [0.4, 0.5) is 5.69 Å². The Bertz CT molecular complexity index is 1360. The van der Waals surface area contributed by atoms with Crippen molar-refractivity contribution in [3.63, 3.8) is 0 Å². The summed E-state index contributed by atoms with van der Waals surface area (Å²) in [5.41, 5.74) is 2.61. The number of amides is 1. The Kier molecular flexibility index (Phi) is 6.74. The van der Waals surface area contributed by atoms with E-state index in [2.05, 4.69) is 15.4 Å². The summed E-state index contributed by atoms with van der Waals surface area (Å²) in [6.07, 6.45) is 3.07. The molecule has 34 heavy (non-hydrogen) atoms. The van der Waals surface area contributed by atoms with Crippen LogP contribution in [0.25, 0.3) is 5.69 Å². The number of nitrogens with zero attached hydrogens (tertiary/aromatic N) is 4. The van der Waals surface area contributed by atoms with Gasteiger partial charge in [-0.2, -0.15) is 5.10 Å². The number of aromatic nitrogens is 3. The maximum Gasteiger partial charge on any atom is 0.264 e. The minimum Gasteiger partial charge on any atom is -0.346 e. The second kappa shape index (κ2) is 9.88. The van der Waals surface area contributed by atoms with Crippen LogP contribution in [0.2, 0.25) is 0 Å². The van der Waals surface area contributed by atoms with Crippen molar-refractivity contribution in [1.82, 2.24) is 20.1 Å². The number of hydrogen-bond acceptors (Lipinski definition) is 5. The van der Waals surface area contributed by atoms with E-state index in [0.29, 0.717) is 5.69 Å². The Morgan fingerprint density at radius 3 is 2.41 bits per heavy atom. The molecule has 8 nitrogen and oxygen atoms in total. The predicted molar refractivity (Wildman–Crippen MR) is 130 cm³/mol. The zero-order valence-electron chi connectivity index (χ0n) is 18.9. The molecule has 1 heterocycles. The van der Waals surface area contributed by atoms with Gasteiger partial charge in [-0.25, -0.2) is 18.1 Å². The molecule has 1 unspecified atom stereocenters. The topological polar surface area (TPSA) is 97.2 Å². The third-order valence-corrected chi connectivity index (χ3v) is 7.34. The predicted octanol–water partition coefficient (Wildman–Crippen LogP) is 3.97. The lowest BCUT2D eigenvalue weighted by Crippen LogP contribution is -2.31. The molecule has 4 aromatic rings. The van der Waals surface area contributed by atoms with Crippen LogP contribution in [0.1, 0.15) is 35.8 Å².